The first-order chi connectivity index (χ1) is 14.6. The van der Waals surface area contributed by atoms with Gasteiger partial charge >= 0.3 is 0 Å². The van der Waals surface area contributed by atoms with Crippen LogP contribution >= 0.6 is 0 Å². The monoisotopic (exact) mass is 403 g/mol. The summed E-state index contributed by atoms with van der Waals surface area (Å²) in [7, 11) is 2.18. The molecule has 1 aromatic carbocycles. The van der Waals surface area contributed by atoms with Gasteiger partial charge in [0.2, 0.25) is 5.95 Å². The van der Waals surface area contributed by atoms with Crippen molar-refractivity contribution in [2.24, 2.45) is 0 Å². The quantitative estimate of drug-likeness (QED) is 0.649. The number of anilines is 4. The van der Waals surface area contributed by atoms with Gasteiger partial charge in [-0.1, -0.05) is 0 Å². The molecule has 0 saturated carbocycles. The van der Waals surface area contributed by atoms with E-state index in [1.807, 2.05) is 24.4 Å². The second-order valence-electron chi connectivity index (χ2n) is 7.64. The van der Waals surface area contributed by atoms with E-state index in [9.17, 15) is 0 Å². The van der Waals surface area contributed by atoms with Crippen LogP contribution in [0.4, 0.5) is 23.1 Å². The molecule has 1 saturated heterocycles. The molecular formula is C23H29N7. The van der Waals surface area contributed by atoms with Crippen molar-refractivity contribution in [3.8, 4) is 11.3 Å². The van der Waals surface area contributed by atoms with Crippen LogP contribution in [0.25, 0.3) is 11.3 Å². The first-order valence-electron chi connectivity index (χ1n) is 10.5. The van der Waals surface area contributed by atoms with Crippen LogP contribution in [0.1, 0.15) is 12.5 Å². The summed E-state index contributed by atoms with van der Waals surface area (Å²) < 4.78 is 0. The van der Waals surface area contributed by atoms with Crippen molar-refractivity contribution in [1.29, 1.82) is 0 Å². The highest BCUT2D eigenvalue weighted by molar-refractivity contribution is 5.65. The largest absolute Gasteiger partial charge is 0.370 e. The average Bonchev–Trinajstić information content (AvgIpc) is 2.76. The SMILES string of the molecule is CCNc1ccc(-c2ccnc(Nc3ccc(N4CCN(C)CC4)c(C)c3)n2)cn1. The lowest BCUT2D eigenvalue weighted by Crippen LogP contribution is -2.44. The summed E-state index contributed by atoms with van der Waals surface area (Å²) in [5, 5.41) is 6.55. The standard InChI is InChI=1S/C23H29N7/c1-4-24-22-8-5-18(16-26-22)20-9-10-25-23(28-20)27-19-6-7-21(17(2)15-19)30-13-11-29(3)12-14-30/h5-10,15-16H,4,11-14H2,1-3H3,(H,24,26)(H,25,27,28). The fourth-order valence-corrected chi connectivity index (χ4v) is 3.68. The highest BCUT2D eigenvalue weighted by atomic mass is 15.2. The molecule has 3 aromatic rings. The second kappa shape index (κ2) is 9.09. The number of hydrogen-bond acceptors (Lipinski definition) is 7. The van der Waals surface area contributed by atoms with Gasteiger partial charge in [-0.3, -0.25) is 0 Å². The van der Waals surface area contributed by atoms with E-state index in [0.717, 1.165) is 55.5 Å². The third kappa shape index (κ3) is 4.68. The van der Waals surface area contributed by atoms with Crippen LogP contribution in [0.5, 0.6) is 0 Å². The van der Waals surface area contributed by atoms with Gasteiger partial charge in [-0.15, -0.1) is 0 Å². The van der Waals surface area contributed by atoms with Crippen molar-refractivity contribution in [3.05, 3.63) is 54.4 Å². The van der Waals surface area contributed by atoms with Gasteiger partial charge < -0.3 is 20.4 Å². The van der Waals surface area contributed by atoms with Crippen molar-refractivity contribution in [3.63, 3.8) is 0 Å². The van der Waals surface area contributed by atoms with Crippen molar-refractivity contribution >= 4 is 23.1 Å². The summed E-state index contributed by atoms with van der Waals surface area (Å²) in [6.45, 7) is 9.40. The minimum atomic E-state index is 0.579. The van der Waals surface area contributed by atoms with Crippen LogP contribution < -0.4 is 15.5 Å². The van der Waals surface area contributed by atoms with Crippen LogP contribution in [-0.4, -0.2) is 59.6 Å². The zero-order valence-electron chi connectivity index (χ0n) is 17.9. The number of aryl methyl sites for hydroxylation is 1. The summed E-state index contributed by atoms with van der Waals surface area (Å²) in [6, 6.07) is 12.3. The number of aromatic nitrogens is 3. The van der Waals surface area contributed by atoms with Gasteiger partial charge in [0.15, 0.2) is 0 Å². The van der Waals surface area contributed by atoms with Gasteiger partial charge in [0.25, 0.3) is 0 Å². The van der Waals surface area contributed by atoms with Crippen LogP contribution in [-0.2, 0) is 0 Å². The van der Waals surface area contributed by atoms with Gasteiger partial charge in [-0.05, 0) is 62.9 Å². The first kappa shape index (κ1) is 20.1. The number of nitrogens with one attached hydrogen (secondary N) is 2. The molecule has 0 spiro atoms. The van der Waals surface area contributed by atoms with Gasteiger partial charge in [-0.2, -0.15) is 0 Å². The zero-order valence-corrected chi connectivity index (χ0v) is 17.9. The fraction of sp³-hybridized carbons (Fsp3) is 0.348. The molecule has 7 nitrogen and oxygen atoms in total. The summed E-state index contributed by atoms with van der Waals surface area (Å²) in [5.74, 6) is 1.44. The lowest BCUT2D eigenvalue weighted by Gasteiger charge is -2.35. The minimum Gasteiger partial charge on any atom is -0.370 e. The number of piperazine rings is 1. The van der Waals surface area contributed by atoms with Crippen molar-refractivity contribution in [2.45, 2.75) is 13.8 Å². The molecule has 30 heavy (non-hydrogen) atoms. The number of hydrogen-bond donors (Lipinski definition) is 2. The predicted octanol–water partition coefficient (Wildman–Crippen LogP) is 3.77. The van der Waals surface area contributed by atoms with E-state index in [4.69, 9.17) is 0 Å². The summed E-state index contributed by atoms with van der Waals surface area (Å²) in [4.78, 5) is 18.3. The third-order valence-corrected chi connectivity index (χ3v) is 5.37. The van der Waals surface area contributed by atoms with Crippen LogP contribution in [0, 0.1) is 6.92 Å². The normalized spacial score (nSPS) is 14.6. The van der Waals surface area contributed by atoms with Crippen molar-refractivity contribution < 1.29 is 0 Å². The predicted molar refractivity (Wildman–Crippen MR) is 124 cm³/mol. The Labute approximate surface area is 178 Å². The van der Waals surface area contributed by atoms with E-state index in [1.165, 1.54) is 11.3 Å². The molecule has 2 N–H and O–H groups in total. The molecule has 0 aliphatic carbocycles. The van der Waals surface area contributed by atoms with Crippen molar-refractivity contribution in [1.82, 2.24) is 19.9 Å². The average molecular weight is 404 g/mol. The number of likely N-dealkylation sites (N-methyl/N-ethyl adjacent to an activating group) is 1. The van der Waals surface area contributed by atoms with E-state index in [0.29, 0.717) is 5.95 Å². The molecular weight excluding hydrogens is 374 g/mol. The Morgan fingerprint density at radius 2 is 1.83 bits per heavy atom. The molecule has 0 bridgehead atoms. The summed E-state index contributed by atoms with van der Waals surface area (Å²) >= 11 is 0. The van der Waals surface area contributed by atoms with Crippen LogP contribution in [0.2, 0.25) is 0 Å². The van der Waals surface area contributed by atoms with E-state index in [1.54, 1.807) is 6.20 Å². The number of benzene rings is 1. The van der Waals surface area contributed by atoms with E-state index in [2.05, 4.69) is 74.5 Å². The fourth-order valence-electron chi connectivity index (χ4n) is 3.68. The molecule has 0 amide bonds. The number of nitrogens with zero attached hydrogens (tertiary/aromatic N) is 5. The molecule has 3 heterocycles. The smallest absolute Gasteiger partial charge is 0.227 e. The Kier molecular flexibility index (Phi) is 6.09. The molecule has 4 rings (SSSR count). The Bertz CT molecular complexity index is 979. The molecule has 7 heteroatoms. The second-order valence-corrected chi connectivity index (χ2v) is 7.64. The van der Waals surface area contributed by atoms with E-state index in [-0.39, 0.29) is 0 Å². The molecule has 0 unspecified atom stereocenters. The molecule has 156 valence electrons. The van der Waals surface area contributed by atoms with E-state index >= 15 is 0 Å². The Morgan fingerprint density at radius 3 is 2.53 bits per heavy atom. The first-order valence-corrected chi connectivity index (χ1v) is 10.5. The highest BCUT2D eigenvalue weighted by Gasteiger charge is 2.16. The van der Waals surface area contributed by atoms with Crippen molar-refractivity contribution in [2.75, 3.05) is 55.3 Å². The van der Waals surface area contributed by atoms with E-state index < -0.39 is 0 Å². The lowest BCUT2D eigenvalue weighted by atomic mass is 10.1. The lowest BCUT2D eigenvalue weighted by molar-refractivity contribution is 0.312. The summed E-state index contributed by atoms with van der Waals surface area (Å²) in [6.07, 6.45) is 3.60. The Balaban J connectivity index is 1.48. The Morgan fingerprint density at radius 1 is 1.00 bits per heavy atom. The molecule has 2 aromatic heterocycles. The van der Waals surface area contributed by atoms with Gasteiger partial charge in [0.1, 0.15) is 5.82 Å². The third-order valence-electron chi connectivity index (χ3n) is 5.37. The van der Waals surface area contributed by atoms with Gasteiger partial charge in [0, 0.05) is 62.1 Å². The molecule has 1 aliphatic rings. The number of pyridine rings is 1. The summed E-state index contributed by atoms with van der Waals surface area (Å²) in [5.41, 5.74) is 5.35. The minimum absolute atomic E-state index is 0.579. The Hall–Kier alpha value is -3.19. The maximum Gasteiger partial charge on any atom is 0.227 e. The topological polar surface area (TPSA) is 69.2 Å². The van der Waals surface area contributed by atoms with Gasteiger partial charge in [0.05, 0.1) is 5.69 Å². The zero-order chi connectivity index (χ0) is 20.9. The molecule has 0 radical (unpaired) electrons. The van der Waals surface area contributed by atoms with Crippen LogP contribution in [0.3, 0.4) is 0 Å². The maximum atomic E-state index is 4.67. The molecule has 1 fully saturated rings. The number of rotatable bonds is 6. The highest BCUT2D eigenvalue weighted by Crippen LogP contribution is 2.26. The molecule has 0 atom stereocenters. The molecule has 1 aliphatic heterocycles. The van der Waals surface area contributed by atoms with Gasteiger partial charge in [-0.25, -0.2) is 15.0 Å². The maximum absolute atomic E-state index is 4.67. The van der Waals surface area contributed by atoms with Crippen LogP contribution in [0.15, 0.2) is 48.8 Å².